The van der Waals surface area contributed by atoms with Crippen LogP contribution in [0.25, 0.3) is 10.2 Å². The summed E-state index contributed by atoms with van der Waals surface area (Å²) in [6.07, 6.45) is -0.130. The molecule has 2 rings (SSSR count). The number of aromatic nitrogens is 1. The average Bonchev–Trinajstić information content (AvgIpc) is 2.79. The molecule has 0 aliphatic carbocycles. The van der Waals surface area contributed by atoms with E-state index in [-0.39, 0.29) is 103 Å². The van der Waals surface area contributed by atoms with Crippen molar-refractivity contribution >= 4 is 45.3 Å². The Morgan fingerprint density at radius 2 is 1.95 bits per heavy atom. The van der Waals surface area contributed by atoms with Crippen LogP contribution >= 0.6 is 11.3 Å². The largest absolute Gasteiger partial charge is 1.00 e. The monoisotopic (exact) mass is 371 g/mol. The van der Waals surface area contributed by atoms with E-state index in [4.69, 9.17) is 12.6 Å². The number of thiazole rings is 1. The van der Waals surface area contributed by atoms with Crippen LogP contribution in [-0.2, 0) is 27.6 Å². The van der Waals surface area contributed by atoms with Crippen LogP contribution in [0.3, 0.4) is 0 Å². The van der Waals surface area contributed by atoms with Crippen LogP contribution in [0.2, 0.25) is 0 Å². The fourth-order valence-electron chi connectivity index (χ4n) is 1.98. The van der Waals surface area contributed by atoms with Gasteiger partial charge in [0.1, 0.15) is 5.01 Å². The minimum Gasteiger partial charge on any atom is -0.741 e. The summed E-state index contributed by atoms with van der Waals surface area (Å²) in [5.41, 5.74) is -0.507. The number of hydrogen-bond donors (Lipinski definition) is 0. The van der Waals surface area contributed by atoms with Crippen molar-refractivity contribution in [3.8, 4) is 0 Å². The molecule has 1 aromatic carbocycles. The molecule has 1 aromatic heterocycles. The van der Waals surface area contributed by atoms with Gasteiger partial charge >= 0.3 is 103 Å². The Bertz CT molecular complexity index is 614. The average molecular weight is 372 g/mol. The molecule has 0 amide bonds. The van der Waals surface area contributed by atoms with Gasteiger partial charge in [-0.05, 0) is 18.6 Å². The van der Waals surface area contributed by atoms with Gasteiger partial charge in [-0.1, -0.05) is 19.1 Å². The maximum atomic E-state index is 11.8. The summed E-state index contributed by atoms with van der Waals surface area (Å²) in [6, 6.07) is 7.41. The number of carbonyl (C=O) groups is 2. The minimum atomic E-state index is -1.29. The fourth-order valence-corrected chi connectivity index (χ4v) is 3.58. The van der Waals surface area contributed by atoms with E-state index in [9.17, 15) is 14.7 Å². The fraction of sp³-hybridized carbons (Fsp3) is 0.308. The summed E-state index contributed by atoms with van der Waals surface area (Å²) < 4.78 is 0.907. The van der Waals surface area contributed by atoms with E-state index in [1.807, 2.05) is 24.3 Å². The second kappa shape index (κ2) is 9.90. The second-order valence-electron chi connectivity index (χ2n) is 4.26. The molecule has 1 heterocycles. The molecule has 0 bridgehead atoms. The maximum Gasteiger partial charge on any atom is 1.00 e. The molecule has 8 heteroatoms. The molecule has 21 heavy (non-hydrogen) atoms. The number of para-hydroxylation sites is 1. The van der Waals surface area contributed by atoms with Gasteiger partial charge in [-0.15, -0.1) is 11.3 Å². The van der Waals surface area contributed by atoms with Crippen LogP contribution in [0.4, 0.5) is 0 Å². The van der Waals surface area contributed by atoms with Gasteiger partial charge in [-0.3, -0.25) is 0 Å². The molecule has 0 aliphatic rings. The summed E-state index contributed by atoms with van der Waals surface area (Å²) in [4.78, 5) is 27.1. The van der Waals surface area contributed by atoms with E-state index in [1.54, 1.807) is 6.92 Å². The van der Waals surface area contributed by atoms with Gasteiger partial charge < -0.3 is 27.3 Å². The number of aliphatic carboxylic acids is 1. The number of nitrogens with zero attached hydrogens (tertiary/aromatic N) is 1. The van der Waals surface area contributed by atoms with E-state index in [0.29, 0.717) is 11.4 Å². The Morgan fingerprint density at radius 3 is 2.43 bits per heavy atom. The summed E-state index contributed by atoms with van der Waals surface area (Å²) in [6.45, 7) is 1.74. The van der Waals surface area contributed by atoms with Gasteiger partial charge in [0.05, 0.1) is 15.6 Å². The molecule has 1 unspecified atom stereocenters. The first kappa shape index (κ1) is 22.7. The third kappa shape index (κ3) is 5.11. The first-order valence-electron chi connectivity index (χ1n) is 5.77. The summed E-state index contributed by atoms with van der Waals surface area (Å²) in [7, 11) is 0. The topological polar surface area (TPSA) is 70.1 Å². The number of carbonyl (C=O) groups excluding carboxylic acids is 2. The summed E-state index contributed by atoms with van der Waals surface area (Å²) in [5.74, 6) is -1.29. The van der Waals surface area contributed by atoms with Crippen molar-refractivity contribution in [2.24, 2.45) is 0 Å². The van der Waals surface area contributed by atoms with Crippen LogP contribution in [0.1, 0.15) is 24.8 Å². The van der Waals surface area contributed by atoms with E-state index in [2.05, 4.69) is 4.98 Å². The third-order valence-electron chi connectivity index (χ3n) is 3.14. The van der Waals surface area contributed by atoms with E-state index in [1.165, 1.54) is 11.3 Å². The normalized spacial score (nSPS) is 12.8. The molecule has 0 saturated carbocycles. The molecule has 0 fully saturated rings. The van der Waals surface area contributed by atoms with E-state index in [0.717, 1.165) is 10.2 Å². The zero-order valence-corrected chi connectivity index (χ0v) is 20.1. The molecular formula is C13H11K2NO3S2. The van der Waals surface area contributed by atoms with Crippen LogP contribution in [-0.4, -0.2) is 16.1 Å². The number of carboxylic acids is 1. The molecule has 100 valence electrons. The van der Waals surface area contributed by atoms with Crippen molar-refractivity contribution in [3.63, 3.8) is 0 Å². The molecule has 0 saturated heterocycles. The predicted molar refractivity (Wildman–Crippen MR) is 73.6 cm³/mol. The van der Waals surface area contributed by atoms with Crippen molar-refractivity contribution in [1.82, 2.24) is 4.98 Å². The van der Waals surface area contributed by atoms with E-state index < -0.39 is 22.9 Å². The molecular weight excluding hydrogens is 360 g/mol. The summed E-state index contributed by atoms with van der Waals surface area (Å²) in [5, 5.41) is 10.8. The second-order valence-corrected chi connectivity index (χ2v) is 5.66. The van der Waals surface area contributed by atoms with Crippen LogP contribution in [0.5, 0.6) is 0 Å². The van der Waals surface area contributed by atoms with Crippen LogP contribution in [0, 0.1) is 0 Å². The van der Waals surface area contributed by atoms with Crippen molar-refractivity contribution in [1.29, 1.82) is 0 Å². The Kier molecular flexibility index (Phi) is 10.7. The summed E-state index contributed by atoms with van der Waals surface area (Å²) >= 11 is 6.06. The molecule has 4 nitrogen and oxygen atoms in total. The van der Waals surface area contributed by atoms with Gasteiger partial charge in [-0.2, -0.15) is 0 Å². The Labute approximate surface area is 217 Å². The predicted octanol–water partition coefficient (Wildman–Crippen LogP) is -4.83. The number of fused-ring (bicyclic) bond motifs is 1. The Hall–Kier alpha value is 1.74. The zero-order valence-electron chi connectivity index (χ0n) is 12.2. The maximum absolute atomic E-state index is 11.8. The number of rotatable bonds is 5. The smallest absolute Gasteiger partial charge is 0.741 e. The number of hydrogen-bond acceptors (Lipinski definition) is 6. The molecule has 2 aromatic rings. The van der Waals surface area contributed by atoms with Crippen molar-refractivity contribution in [2.75, 3.05) is 0 Å². The molecule has 0 aliphatic heterocycles. The molecule has 0 N–H and O–H groups in total. The first-order valence-corrected chi connectivity index (χ1v) is 6.99. The zero-order chi connectivity index (χ0) is 14.0. The molecule has 1 atom stereocenters. The van der Waals surface area contributed by atoms with Gasteiger partial charge in [0, 0.05) is 17.5 Å². The minimum absolute atomic E-state index is 0. The van der Waals surface area contributed by atoms with Crippen molar-refractivity contribution < 1.29 is 117 Å². The Morgan fingerprint density at radius 1 is 1.33 bits per heavy atom. The molecule has 0 radical (unpaired) electrons. The third-order valence-corrected chi connectivity index (χ3v) is 4.77. The van der Waals surface area contributed by atoms with Gasteiger partial charge in [-0.25, -0.2) is 4.98 Å². The Balaban J connectivity index is 0.00000200. The quantitative estimate of drug-likeness (QED) is 0.390. The van der Waals surface area contributed by atoms with Gasteiger partial charge in [0.15, 0.2) is 0 Å². The van der Waals surface area contributed by atoms with Crippen molar-refractivity contribution in [2.45, 2.75) is 25.2 Å². The standard InChI is InChI=1S/C13H13NO3S2.2K/c1-2-13(12(17)18,7-10(15)16)11-14-8-5-3-4-6-9(8)19-11;;/h3-6H,2,7H2,1H3,(H,15,16)(H,17,18);;/q;2*+1/p-2. The van der Waals surface area contributed by atoms with E-state index >= 15 is 0 Å². The molecule has 0 spiro atoms. The van der Waals surface area contributed by atoms with Crippen molar-refractivity contribution in [3.05, 3.63) is 29.3 Å². The first-order chi connectivity index (χ1) is 8.99. The number of benzene rings is 1. The van der Waals surface area contributed by atoms with Crippen LogP contribution in [0.15, 0.2) is 24.3 Å². The number of carboxylic acid groups (broad SMARTS) is 1. The van der Waals surface area contributed by atoms with Crippen LogP contribution < -0.4 is 108 Å². The SMILES string of the molecule is CCC(CC(=O)[O-])(C(=O)[S-])c1nc2ccccc2s1.[K+].[K+]. The van der Waals surface area contributed by atoms with Gasteiger partial charge in [0.25, 0.3) is 0 Å². The van der Waals surface area contributed by atoms with Gasteiger partial charge in [0.2, 0.25) is 0 Å².